The van der Waals surface area contributed by atoms with Crippen LogP contribution in [-0.2, 0) is 11.3 Å². The molecule has 0 radical (unpaired) electrons. The summed E-state index contributed by atoms with van der Waals surface area (Å²) in [6, 6.07) is 12.2. The van der Waals surface area contributed by atoms with E-state index < -0.39 is 6.03 Å². The number of nitrogens with one attached hydrogen (secondary N) is 2. The van der Waals surface area contributed by atoms with Crippen LogP contribution in [0.1, 0.15) is 5.56 Å². The maximum Gasteiger partial charge on any atom is 0.319 e. The van der Waals surface area contributed by atoms with Crippen molar-refractivity contribution in [2.45, 2.75) is 6.54 Å². The minimum absolute atomic E-state index is 0.0467. The van der Waals surface area contributed by atoms with Gasteiger partial charge in [-0.25, -0.2) is 9.18 Å². The van der Waals surface area contributed by atoms with Crippen molar-refractivity contribution in [3.63, 3.8) is 0 Å². The van der Waals surface area contributed by atoms with Crippen LogP contribution >= 0.6 is 0 Å². The number of carbonyl (C=O) groups excluding carboxylic acids is 2. The van der Waals surface area contributed by atoms with Crippen molar-refractivity contribution in [2.24, 2.45) is 0 Å². The van der Waals surface area contributed by atoms with Crippen LogP contribution in [0.15, 0.2) is 48.5 Å². The van der Waals surface area contributed by atoms with Gasteiger partial charge in [0.15, 0.2) is 6.61 Å². The summed E-state index contributed by atoms with van der Waals surface area (Å²) in [6.07, 6.45) is 0. The van der Waals surface area contributed by atoms with Gasteiger partial charge in [-0.3, -0.25) is 4.79 Å². The molecule has 0 unspecified atom stereocenters. The number of carbonyl (C=O) groups is 2. The van der Waals surface area contributed by atoms with Gasteiger partial charge in [0.25, 0.3) is 5.91 Å². The van der Waals surface area contributed by atoms with E-state index in [2.05, 4.69) is 10.6 Å². The minimum atomic E-state index is -0.402. The van der Waals surface area contributed by atoms with Crippen LogP contribution in [0.3, 0.4) is 0 Å². The van der Waals surface area contributed by atoms with Crippen LogP contribution in [0, 0.1) is 5.82 Å². The zero-order valence-electron chi connectivity index (χ0n) is 14.1. The first kappa shape index (κ1) is 18.3. The molecule has 2 rings (SSSR count). The summed E-state index contributed by atoms with van der Waals surface area (Å²) in [4.78, 5) is 24.8. The first-order valence-electron chi connectivity index (χ1n) is 7.66. The molecule has 0 spiro atoms. The molecule has 0 atom stereocenters. The van der Waals surface area contributed by atoms with Crippen molar-refractivity contribution >= 4 is 17.6 Å². The Morgan fingerprint density at radius 2 is 1.84 bits per heavy atom. The van der Waals surface area contributed by atoms with Crippen LogP contribution in [0.5, 0.6) is 5.75 Å². The van der Waals surface area contributed by atoms with Crippen molar-refractivity contribution in [3.8, 4) is 5.75 Å². The summed E-state index contributed by atoms with van der Waals surface area (Å²) in [5, 5.41) is 5.31. The first-order valence-corrected chi connectivity index (χ1v) is 7.66. The first-order chi connectivity index (χ1) is 11.9. The summed E-state index contributed by atoms with van der Waals surface area (Å²) in [7, 11) is 3.32. The van der Waals surface area contributed by atoms with Gasteiger partial charge in [-0.1, -0.05) is 12.1 Å². The fourth-order valence-corrected chi connectivity index (χ4v) is 1.91. The molecule has 6 nitrogen and oxygen atoms in total. The van der Waals surface area contributed by atoms with E-state index in [0.717, 1.165) is 5.56 Å². The number of rotatable bonds is 6. The van der Waals surface area contributed by atoms with Crippen molar-refractivity contribution in [2.75, 3.05) is 26.0 Å². The van der Waals surface area contributed by atoms with Crippen molar-refractivity contribution in [3.05, 3.63) is 59.9 Å². The third-order valence-corrected chi connectivity index (χ3v) is 3.31. The molecular formula is C18H20FN3O3. The number of anilines is 1. The van der Waals surface area contributed by atoms with Crippen LogP contribution in [0.4, 0.5) is 14.9 Å². The molecule has 0 saturated heterocycles. The van der Waals surface area contributed by atoms with Gasteiger partial charge in [0.05, 0.1) is 0 Å². The fraction of sp³-hybridized carbons (Fsp3) is 0.222. The Bertz CT molecular complexity index is 733. The molecule has 0 heterocycles. The Labute approximate surface area is 145 Å². The summed E-state index contributed by atoms with van der Waals surface area (Å²) < 4.78 is 18.3. The Morgan fingerprint density at radius 1 is 1.12 bits per heavy atom. The third kappa shape index (κ3) is 6.14. The van der Waals surface area contributed by atoms with E-state index in [4.69, 9.17) is 4.74 Å². The SMILES string of the molecule is CN(C)C(=O)COc1cccc(CNC(=O)Nc2ccc(F)cc2)c1. The van der Waals surface area contributed by atoms with E-state index in [0.29, 0.717) is 11.4 Å². The molecule has 0 bridgehead atoms. The Hall–Kier alpha value is -3.09. The van der Waals surface area contributed by atoms with Gasteiger partial charge in [-0.05, 0) is 42.0 Å². The fourth-order valence-electron chi connectivity index (χ4n) is 1.91. The number of urea groups is 1. The van der Waals surface area contributed by atoms with E-state index in [-0.39, 0.29) is 24.9 Å². The van der Waals surface area contributed by atoms with E-state index in [9.17, 15) is 14.0 Å². The van der Waals surface area contributed by atoms with E-state index in [1.807, 2.05) is 6.07 Å². The minimum Gasteiger partial charge on any atom is -0.484 e. The second kappa shape index (κ2) is 8.68. The van der Waals surface area contributed by atoms with Gasteiger partial charge in [0.1, 0.15) is 11.6 Å². The van der Waals surface area contributed by atoms with E-state index >= 15 is 0 Å². The molecule has 132 valence electrons. The number of hydrogen-bond donors (Lipinski definition) is 2. The number of ether oxygens (including phenoxy) is 1. The van der Waals surface area contributed by atoms with Gasteiger partial charge in [-0.2, -0.15) is 0 Å². The molecule has 0 aliphatic rings. The Balaban J connectivity index is 1.83. The topological polar surface area (TPSA) is 70.7 Å². The standard InChI is InChI=1S/C18H20FN3O3/c1-22(2)17(23)12-25-16-5-3-4-13(10-16)11-20-18(24)21-15-8-6-14(19)7-9-15/h3-10H,11-12H2,1-2H3,(H2,20,21,24). The van der Waals surface area contributed by atoms with Crippen LogP contribution in [-0.4, -0.2) is 37.5 Å². The summed E-state index contributed by atoms with van der Waals surface area (Å²) >= 11 is 0. The molecule has 0 fully saturated rings. The van der Waals surface area contributed by atoms with Crippen LogP contribution < -0.4 is 15.4 Å². The molecule has 25 heavy (non-hydrogen) atoms. The zero-order valence-corrected chi connectivity index (χ0v) is 14.1. The molecule has 2 aromatic rings. The number of amides is 3. The number of hydrogen-bond acceptors (Lipinski definition) is 3. The highest BCUT2D eigenvalue weighted by Gasteiger charge is 2.06. The quantitative estimate of drug-likeness (QED) is 0.845. The zero-order chi connectivity index (χ0) is 18.2. The number of nitrogens with zero attached hydrogens (tertiary/aromatic N) is 1. The number of halogens is 1. The highest BCUT2D eigenvalue weighted by molar-refractivity contribution is 5.89. The molecular weight excluding hydrogens is 325 g/mol. The molecule has 0 aliphatic heterocycles. The van der Waals surface area contributed by atoms with Gasteiger partial charge in [0.2, 0.25) is 0 Å². The number of benzene rings is 2. The lowest BCUT2D eigenvalue weighted by Gasteiger charge is -2.12. The predicted octanol–water partition coefficient (Wildman–Crippen LogP) is 2.61. The molecule has 2 N–H and O–H groups in total. The second-order valence-electron chi connectivity index (χ2n) is 5.54. The number of likely N-dealkylation sites (N-methyl/N-ethyl adjacent to an activating group) is 1. The predicted molar refractivity (Wildman–Crippen MR) is 92.9 cm³/mol. The van der Waals surface area contributed by atoms with Gasteiger partial charge < -0.3 is 20.3 Å². The van der Waals surface area contributed by atoms with Gasteiger partial charge in [0, 0.05) is 26.3 Å². The van der Waals surface area contributed by atoms with E-state index in [1.54, 1.807) is 32.3 Å². The molecule has 7 heteroatoms. The average molecular weight is 345 g/mol. The highest BCUT2D eigenvalue weighted by atomic mass is 19.1. The molecule has 0 aliphatic carbocycles. The Kier molecular flexibility index (Phi) is 6.33. The molecule has 2 aromatic carbocycles. The summed E-state index contributed by atoms with van der Waals surface area (Å²) in [5.41, 5.74) is 1.32. The van der Waals surface area contributed by atoms with Gasteiger partial charge >= 0.3 is 6.03 Å². The smallest absolute Gasteiger partial charge is 0.319 e. The molecule has 0 saturated carbocycles. The maximum atomic E-state index is 12.8. The lowest BCUT2D eigenvalue weighted by atomic mass is 10.2. The molecule has 0 aromatic heterocycles. The third-order valence-electron chi connectivity index (χ3n) is 3.31. The normalized spacial score (nSPS) is 10.0. The Morgan fingerprint density at radius 3 is 2.52 bits per heavy atom. The monoisotopic (exact) mass is 345 g/mol. The van der Waals surface area contributed by atoms with Crippen molar-refractivity contribution < 1.29 is 18.7 Å². The second-order valence-corrected chi connectivity index (χ2v) is 5.54. The average Bonchev–Trinajstić information content (AvgIpc) is 2.60. The van der Waals surface area contributed by atoms with Crippen LogP contribution in [0.2, 0.25) is 0 Å². The van der Waals surface area contributed by atoms with E-state index in [1.165, 1.54) is 29.2 Å². The lowest BCUT2D eigenvalue weighted by Crippen LogP contribution is -2.28. The lowest BCUT2D eigenvalue weighted by molar-refractivity contribution is -0.130. The summed E-state index contributed by atoms with van der Waals surface area (Å²) in [5.74, 6) is 0.0474. The molecule has 3 amide bonds. The van der Waals surface area contributed by atoms with Crippen LogP contribution in [0.25, 0.3) is 0 Å². The highest BCUT2D eigenvalue weighted by Crippen LogP contribution is 2.13. The van der Waals surface area contributed by atoms with Gasteiger partial charge in [-0.15, -0.1) is 0 Å². The van der Waals surface area contributed by atoms with Crippen molar-refractivity contribution in [1.29, 1.82) is 0 Å². The summed E-state index contributed by atoms with van der Waals surface area (Å²) in [6.45, 7) is 0.237. The maximum absolute atomic E-state index is 12.8. The largest absolute Gasteiger partial charge is 0.484 e. The van der Waals surface area contributed by atoms with Crippen molar-refractivity contribution in [1.82, 2.24) is 10.2 Å².